The van der Waals surface area contributed by atoms with Crippen molar-refractivity contribution in [2.24, 2.45) is 5.73 Å². The molecule has 100 valence electrons. The molecule has 0 bridgehead atoms. The molecule has 0 radical (unpaired) electrons. The van der Waals surface area contributed by atoms with Gasteiger partial charge in [-0.3, -0.25) is 0 Å². The lowest BCUT2D eigenvalue weighted by Gasteiger charge is -2.19. The first kappa shape index (κ1) is 13.6. The Kier molecular flexibility index (Phi) is 4.23. The zero-order valence-electron chi connectivity index (χ0n) is 11.8. The predicted octanol–water partition coefficient (Wildman–Crippen LogP) is 3.69. The number of nitrogens with two attached hydrogens (primary N) is 1. The van der Waals surface area contributed by atoms with E-state index in [1.54, 1.807) is 0 Å². The second-order valence-corrected chi connectivity index (χ2v) is 5.02. The molecule has 1 atom stereocenters. The maximum atomic E-state index is 6.05. The Bertz CT molecular complexity index is 546. The van der Waals surface area contributed by atoms with Gasteiger partial charge in [0.1, 0.15) is 11.9 Å². The monoisotopic (exact) mass is 255 g/mol. The van der Waals surface area contributed by atoms with Crippen molar-refractivity contribution >= 4 is 0 Å². The smallest absolute Gasteiger partial charge is 0.136 e. The maximum absolute atomic E-state index is 6.05. The minimum atomic E-state index is -0.0954. The van der Waals surface area contributed by atoms with Gasteiger partial charge in [0, 0.05) is 6.54 Å². The fourth-order valence-electron chi connectivity index (χ4n) is 2.12. The Balaban J connectivity index is 2.21. The van der Waals surface area contributed by atoms with E-state index in [4.69, 9.17) is 10.5 Å². The first-order chi connectivity index (χ1) is 9.10. The third-order valence-corrected chi connectivity index (χ3v) is 3.26. The number of benzene rings is 2. The van der Waals surface area contributed by atoms with Gasteiger partial charge in [0.2, 0.25) is 0 Å². The van der Waals surface area contributed by atoms with Crippen molar-refractivity contribution in [3.05, 3.63) is 64.7 Å². The van der Waals surface area contributed by atoms with Crippen LogP contribution in [-0.4, -0.2) is 6.54 Å². The lowest BCUT2D eigenvalue weighted by atomic mass is 10.1. The minimum Gasteiger partial charge on any atom is -0.484 e. The summed E-state index contributed by atoms with van der Waals surface area (Å²) in [5, 5.41) is 0. The van der Waals surface area contributed by atoms with Gasteiger partial charge in [-0.05, 0) is 38.0 Å². The van der Waals surface area contributed by atoms with Crippen molar-refractivity contribution < 1.29 is 4.74 Å². The van der Waals surface area contributed by atoms with Gasteiger partial charge in [-0.1, -0.05) is 47.5 Å². The molecule has 0 aromatic heterocycles. The summed E-state index contributed by atoms with van der Waals surface area (Å²) in [5.74, 6) is 0.904. The molecule has 2 heteroatoms. The van der Waals surface area contributed by atoms with Gasteiger partial charge in [0.25, 0.3) is 0 Å². The normalized spacial score (nSPS) is 12.2. The molecule has 0 aliphatic rings. The molecule has 0 amide bonds. The quantitative estimate of drug-likeness (QED) is 0.904. The Morgan fingerprint density at radius 2 is 1.58 bits per heavy atom. The summed E-state index contributed by atoms with van der Waals surface area (Å²) in [4.78, 5) is 0. The molecule has 0 saturated carbocycles. The van der Waals surface area contributed by atoms with E-state index in [0.29, 0.717) is 6.54 Å². The van der Waals surface area contributed by atoms with Crippen molar-refractivity contribution in [1.29, 1.82) is 0 Å². The van der Waals surface area contributed by atoms with Gasteiger partial charge in [-0.2, -0.15) is 0 Å². The zero-order valence-corrected chi connectivity index (χ0v) is 11.8. The number of ether oxygens (including phenoxy) is 1. The summed E-state index contributed by atoms with van der Waals surface area (Å²) in [6.07, 6.45) is -0.0954. The third-order valence-electron chi connectivity index (χ3n) is 3.26. The van der Waals surface area contributed by atoms with E-state index in [9.17, 15) is 0 Å². The largest absolute Gasteiger partial charge is 0.484 e. The number of hydrogen-bond donors (Lipinski definition) is 1. The van der Waals surface area contributed by atoms with Crippen LogP contribution < -0.4 is 10.5 Å². The van der Waals surface area contributed by atoms with Crippen molar-refractivity contribution in [2.75, 3.05) is 6.54 Å². The van der Waals surface area contributed by atoms with E-state index in [1.807, 2.05) is 6.07 Å². The molecule has 1 unspecified atom stereocenters. The molecule has 0 heterocycles. The van der Waals surface area contributed by atoms with Crippen LogP contribution in [0.5, 0.6) is 5.75 Å². The summed E-state index contributed by atoms with van der Waals surface area (Å²) in [7, 11) is 0. The first-order valence-corrected chi connectivity index (χ1v) is 6.60. The highest BCUT2D eigenvalue weighted by Crippen LogP contribution is 2.25. The highest BCUT2D eigenvalue weighted by molar-refractivity contribution is 5.36. The first-order valence-electron chi connectivity index (χ1n) is 6.60. The summed E-state index contributed by atoms with van der Waals surface area (Å²) in [5.41, 5.74) is 10.6. The predicted molar refractivity (Wildman–Crippen MR) is 79.5 cm³/mol. The average Bonchev–Trinajstić information content (AvgIpc) is 2.39. The van der Waals surface area contributed by atoms with Gasteiger partial charge in [-0.25, -0.2) is 0 Å². The molecule has 2 rings (SSSR count). The van der Waals surface area contributed by atoms with Gasteiger partial charge in [-0.15, -0.1) is 0 Å². The van der Waals surface area contributed by atoms with Crippen LogP contribution in [0.4, 0.5) is 0 Å². The van der Waals surface area contributed by atoms with Crippen LogP contribution in [0.2, 0.25) is 0 Å². The zero-order chi connectivity index (χ0) is 13.8. The molecule has 0 saturated heterocycles. The fourth-order valence-corrected chi connectivity index (χ4v) is 2.12. The highest BCUT2D eigenvalue weighted by Gasteiger charge is 2.12. The lowest BCUT2D eigenvalue weighted by molar-refractivity contribution is 0.213. The van der Waals surface area contributed by atoms with E-state index >= 15 is 0 Å². The maximum Gasteiger partial charge on any atom is 0.136 e. The van der Waals surface area contributed by atoms with Gasteiger partial charge < -0.3 is 10.5 Å². The van der Waals surface area contributed by atoms with Crippen LogP contribution in [0.25, 0.3) is 0 Å². The van der Waals surface area contributed by atoms with E-state index in [0.717, 1.165) is 16.9 Å². The Labute approximate surface area is 115 Å². The van der Waals surface area contributed by atoms with Gasteiger partial charge in [0.05, 0.1) is 0 Å². The van der Waals surface area contributed by atoms with Crippen LogP contribution in [0.1, 0.15) is 28.4 Å². The van der Waals surface area contributed by atoms with E-state index in [-0.39, 0.29) is 6.10 Å². The second kappa shape index (κ2) is 5.89. The molecular weight excluding hydrogens is 234 g/mol. The van der Waals surface area contributed by atoms with Crippen LogP contribution in [0, 0.1) is 20.8 Å². The molecule has 0 spiro atoms. The van der Waals surface area contributed by atoms with Crippen molar-refractivity contribution in [3.8, 4) is 5.75 Å². The average molecular weight is 255 g/mol. The molecule has 2 nitrogen and oxygen atoms in total. The van der Waals surface area contributed by atoms with Gasteiger partial charge >= 0.3 is 0 Å². The highest BCUT2D eigenvalue weighted by atomic mass is 16.5. The van der Waals surface area contributed by atoms with E-state index in [1.165, 1.54) is 11.1 Å². The summed E-state index contributed by atoms with van der Waals surface area (Å²) >= 11 is 0. The summed E-state index contributed by atoms with van der Waals surface area (Å²) in [6, 6.07) is 14.5. The molecular formula is C17H21NO. The van der Waals surface area contributed by atoms with Crippen molar-refractivity contribution in [3.63, 3.8) is 0 Å². The van der Waals surface area contributed by atoms with Crippen LogP contribution in [0.15, 0.2) is 42.5 Å². The summed E-state index contributed by atoms with van der Waals surface area (Å²) < 4.78 is 6.05. The molecule has 2 aromatic carbocycles. The second-order valence-electron chi connectivity index (χ2n) is 5.02. The minimum absolute atomic E-state index is 0.0954. The number of aryl methyl sites for hydroxylation is 3. The SMILES string of the molecule is Cc1ccc(C(CN)Oc2ccc(C)cc2C)cc1. The third kappa shape index (κ3) is 3.36. The lowest BCUT2D eigenvalue weighted by Crippen LogP contribution is -2.18. The Morgan fingerprint density at radius 3 is 2.16 bits per heavy atom. The molecule has 0 aliphatic carbocycles. The van der Waals surface area contributed by atoms with Crippen molar-refractivity contribution in [1.82, 2.24) is 0 Å². The van der Waals surface area contributed by atoms with Crippen molar-refractivity contribution in [2.45, 2.75) is 26.9 Å². The number of rotatable bonds is 4. The Morgan fingerprint density at radius 1 is 0.947 bits per heavy atom. The molecule has 2 N–H and O–H groups in total. The molecule has 0 aliphatic heterocycles. The molecule has 19 heavy (non-hydrogen) atoms. The fraction of sp³-hybridized carbons (Fsp3) is 0.294. The summed E-state index contributed by atoms with van der Waals surface area (Å²) in [6.45, 7) is 6.69. The van der Waals surface area contributed by atoms with Crippen LogP contribution >= 0.6 is 0 Å². The standard InChI is InChI=1S/C17H21NO/c1-12-4-7-15(8-5-12)17(11-18)19-16-9-6-13(2)10-14(16)3/h4-10,17H,11,18H2,1-3H3. The molecule has 2 aromatic rings. The van der Waals surface area contributed by atoms with E-state index in [2.05, 4.69) is 57.2 Å². The van der Waals surface area contributed by atoms with Crippen LogP contribution in [-0.2, 0) is 0 Å². The topological polar surface area (TPSA) is 35.2 Å². The number of hydrogen-bond acceptors (Lipinski definition) is 2. The Hall–Kier alpha value is -1.80. The van der Waals surface area contributed by atoms with Gasteiger partial charge in [0.15, 0.2) is 0 Å². The van der Waals surface area contributed by atoms with Crippen LogP contribution in [0.3, 0.4) is 0 Å². The molecule has 0 fully saturated rings. The van der Waals surface area contributed by atoms with E-state index < -0.39 is 0 Å².